The van der Waals surface area contributed by atoms with Crippen LogP contribution in [-0.4, -0.2) is 39.6 Å². The van der Waals surface area contributed by atoms with E-state index in [0.717, 1.165) is 25.1 Å². The van der Waals surface area contributed by atoms with Gasteiger partial charge in [-0.3, -0.25) is 0 Å². The molecule has 0 bridgehead atoms. The van der Waals surface area contributed by atoms with Gasteiger partial charge in [-0.25, -0.2) is 14.8 Å². The molecule has 0 fully saturated rings. The van der Waals surface area contributed by atoms with E-state index in [1.54, 1.807) is 6.20 Å². The van der Waals surface area contributed by atoms with Crippen LogP contribution in [0.5, 0.6) is 0 Å². The zero-order valence-corrected chi connectivity index (χ0v) is 12.5. The molecule has 5 nitrogen and oxygen atoms in total. The van der Waals surface area contributed by atoms with Gasteiger partial charge in [-0.05, 0) is 24.9 Å². The molecular formula is C13H21N3O2S. The molecule has 1 aromatic heterocycles. The predicted molar refractivity (Wildman–Crippen MR) is 79.2 cm³/mol. The number of aromatic nitrogens is 2. The Balaban J connectivity index is 2.69. The zero-order chi connectivity index (χ0) is 14.3. The summed E-state index contributed by atoms with van der Waals surface area (Å²) in [6.45, 7) is 4.62. The van der Waals surface area contributed by atoms with Gasteiger partial charge in [0.05, 0.1) is 11.9 Å². The Morgan fingerprint density at radius 3 is 2.79 bits per heavy atom. The van der Waals surface area contributed by atoms with Crippen LogP contribution in [0, 0.1) is 0 Å². The number of carboxylic acid groups (broad SMARTS) is 1. The van der Waals surface area contributed by atoms with Crippen molar-refractivity contribution in [1.29, 1.82) is 0 Å². The molecule has 0 spiro atoms. The Labute approximate surface area is 118 Å². The second kappa shape index (κ2) is 7.99. The number of thioether (sulfide) groups is 1. The first-order valence-electron chi connectivity index (χ1n) is 6.39. The normalized spacial score (nSPS) is 10.7. The highest BCUT2D eigenvalue weighted by molar-refractivity contribution is 7.98. The third-order valence-corrected chi connectivity index (χ3v) is 3.31. The fourth-order valence-corrected chi connectivity index (χ4v) is 2.05. The van der Waals surface area contributed by atoms with Gasteiger partial charge in [0.25, 0.3) is 0 Å². The third-order valence-electron chi connectivity index (χ3n) is 2.62. The number of nitrogens with zero attached hydrogens (tertiary/aromatic N) is 2. The van der Waals surface area contributed by atoms with E-state index in [1.807, 2.05) is 25.6 Å². The van der Waals surface area contributed by atoms with Crippen LogP contribution < -0.4 is 5.32 Å². The number of unbranched alkanes of at least 4 members (excludes halogenated alkanes) is 1. The standard InChI is InChI=1S/C13H21N3O2S/c1-9(2)12-15-8-10(11(16-12)13(17)18)14-6-4-5-7-19-3/h8-9,14H,4-7H2,1-3H3,(H,17,18). The Morgan fingerprint density at radius 2 is 2.21 bits per heavy atom. The average molecular weight is 283 g/mol. The fourth-order valence-electron chi connectivity index (χ4n) is 1.56. The highest BCUT2D eigenvalue weighted by Crippen LogP contribution is 2.16. The minimum atomic E-state index is -1.02. The summed E-state index contributed by atoms with van der Waals surface area (Å²) in [5.41, 5.74) is 0.560. The number of hydrogen-bond acceptors (Lipinski definition) is 5. The molecule has 0 saturated heterocycles. The van der Waals surface area contributed by atoms with Crippen LogP contribution >= 0.6 is 11.8 Å². The molecule has 0 atom stereocenters. The van der Waals surface area contributed by atoms with Gasteiger partial charge < -0.3 is 10.4 Å². The number of carboxylic acids is 1. The van der Waals surface area contributed by atoms with E-state index in [0.29, 0.717) is 11.5 Å². The largest absolute Gasteiger partial charge is 0.476 e. The highest BCUT2D eigenvalue weighted by atomic mass is 32.2. The molecule has 0 aliphatic carbocycles. The Bertz CT molecular complexity index is 424. The lowest BCUT2D eigenvalue weighted by molar-refractivity contribution is 0.0691. The molecule has 2 N–H and O–H groups in total. The molecule has 0 aliphatic rings. The lowest BCUT2D eigenvalue weighted by atomic mass is 10.2. The van der Waals surface area contributed by atoms with Crippen LogP contribution in [0.2, 0.25) is 0 Å². The molecule has 1 rings (SSSR count). The summed E-state index contributed by atoms with van der Waals surface area (Å²) in [6.07, 6.45) is 5.77. The topological polar surface area (TPSA) is 75.1 Å². The van der Waals surface area contributed by atoms with E-state index >= 15 is 0 Å². The smallest absolute Gasteiger partial charge is 0.356 e. The van der Waals surface area contributed by atoms with Gasteiger partial charge in [0, 0.05) is 12.5 Å². The van der Waals surface area contributed by atoms with Crippen molar-refractivity contribution in [2.75, 3.05) is 23.9 Å². The lowest BCUT2D eigenvalue weighted by Crippen LogP contribution is -2.13. The van der Waals surface area contributed by atoms with Crippen LogP contribution in [0.3, 0.4) is 0 Å². The first-order valence-corrected chi connectivity index (χ1v) is 7.78. The number of rotatable bonds is 8. The van der Waals surface area contributed by atoms with Crippen molar-refractivity contribution in [2.24, 2.45) is 0 Å². The molecule has 6 heteroatoms. The van der Waals surface area contributed by atoms with Crippen molar-refractivity contribution in [3.8, 4) is 0 Å². The first-order chi connectivity index (χ1) is 9.06. The van der Waals surface area contributed by atoms with Crippen LogP contribution in [0.1, 0.15) is 48.9 Å². The molecule has 0 amide bonds. The molecule has 106 valence electrons. The fraction of sp³-hybridized carbons (Fsp3) is 0.615. The van der Waals surface area contributed by atoms with Gasteiger partial charge in [-0.2, -0.15) is 11.8 Å². The number of hydrogen-bond donors (Lipinski definition) is 2. The molecule has 0 aliphatic heterocycles. The molecule has 0 unspecified atom stereocenters. The van der Waals surface area contributed by atoms with Crippen LogP contribution in [-0.2, 0) is 0 Å². The van der Waals surface area contributed by atoms with E-state index in [9.17, 15) is 9.90 Å². The minimum Gasteiger partial charge on any atom is -0.476 e. The quantitative estimate of drug-likeness (QED) is 0.715. The summed E-state index contributed by atoms with van der Waals surface area (Å²) in [5.74, 6) is 0.783. The molecule has 19 heavy (non-hydrogen) atoms. The maximum Gasteiger partial charge on any atom is 0.356 e. The summed E-state index contributed by atoms with van der Waals surface area (Å²) in [5, 5.41) is 12.3. The average Bonchev–Trinajstić information content (AvgIpc) is 2.38. The maximum absolute atomic E-state index is 11.2. The monoisotopic (exact) mass is 283 g/mol. The zero-order valence-electron chi connectivity index (χ0n) is 11.6. The van der Waals surface area contributed by atoms with E-state index in [1.165, 1.54) is 0 Å². The summed E-state index contributed by atoms with van der Waals surface area (Å²) in [6, 6.07) is 0. The summed E-state index contributed by atoms with van der Waals surface area (Å²) in [7, 11) is 0. The second-order valence-electron chi connectivity index (χ2n) is 4.58. The van der Waals surface area contributed by atoms with Gasteiger partial charge >= 0.3 is 5.97 Å². The molecule has 1 heterocycles. The number of anilines is 1. The summed E-state index contributed by atoms with van der Waals surface area (Å²) >= 11 is 1.81. The molecule has 0 aromatic carbocycles. The van der Waals surface area contributed by atoms with Crippen LogP contribution in [0.15, 0.2) is 6.20 Å². The summed E-state index contributed by atoms with van der Waals surface area (Å²) < 4.78 is 0. The maximum atomic E-state index is 11.2. The molecule has 0 radical (unpaired) electrons. The van der Waals surface area contributed by atoms with E-state index in [2.05, 4.69) is 21.5 Å². The Hall–Kier alpha value is -1.30. The van der Waals surface area contributed by atoms with Gasteiger partial charge in [-0.1, -0.05) is 13.8 Å². The van der Waals surface area contributed by atoms with Crippen molar-refractivity contribution in [3.63, 3.8) is 0 Å². The second-order valence-corrected chi connectivity index (χ2v) is 5.56. The van der Waals surface area contributed by atoms with Gasteiger partial charge in [0.2, 0.25) is 0 Å². The summed E-state index contributed by atoms with van der Waals surface area (Å²) in [4.78, 5) is 19.5. The van der Waals surface area contributed by atoms with Crippen molar-refractivity contribution in [1.82, 2.24) is 9.97 Å². The van der Waals surface area contributed by atoms with Crippen molar-refractivity contribution in [3.05, 3.63) is 17.7 Å². The first kappa shape index (κ1) is 15.8. The van der Waals surface area contributed by atoms with Gasteiger partial charge in [0.1, 0.15) is 5.82 Å². The van der Waals surface area contributed by atoms with Gasteiger partial charge in [-0.15, -0.1) is 0 Å². The van der Waals surface area contributed by atoms with Gasteiger partial charge in [0.15, 0.2) is 5.69 Å². The molecule has 0 saturated carbocycles. The van der Waals surface area contributed by atoms with Crippen molar-refractivity contribution < 1.29 is 9.90 Å². The lowest BCUT2D eigenvalue weighted by Gasteiger charge is -2.11. The number of carbonyl (C=O) groups is 1. The van der Waals surface area contributed by atoms with Crippen LogP contribution in [0.4, 0.5) is 5.69 Å². The highest BCUT2D eigenvalue weighted by Gasteiger charge is 2.15. The Kier molecular flexibility index (Phi) is 6.62. The van der Waals surface area contributed by atoms with E-state index in [4.69, 9.17) is 0 Å². The molecule has 1 aromatic rings. The predicted octanol–water partition coefficient (Wildman–Crippen LogP) is 2.85. The Morgan fingerprint density at radius 1 is 1.47 bits per heavy atom. The number of aromatic carboxylic acids is 1. The minimum absolute atomic E-state index is 0.0589. The van der Waals surface area contributed by atoms with E-state index < -0.39 is 5.97 Å². The van der Waals surface area contributed by atoms with Crippen LogP contribution in [0.25, 0.3) is 0 Å². The molecular weight excluding hydrogens is 262 g/mol. The third kappa shape index (κ3) is 5.06. The number of nitrogens with one attached hydrogen (secondary N) is 1. The van der Waals surface area contributed by atoms with E-state index in [-0.39, 0.29) is 11.6 Å². The van der Waals surface area contributed by atoms with Crippen molar-refractivity contribution >= 4 is 23.4 Å². The van der Waals surface area contributed by atoms with Crippen molar-refractivity contribution in [2.45, 2.75) is 32.6 Å². The SMILES string of the molecule is CSCCCCNc1cnc(C(C)C)nc1C(=O)O.